The average molecular weight is 276 g/mol. The fourth-order valence-electron chi connectivity index (χ4n) is 1.81. The third-order valence-electron chi connectivity index (χ3n) is 2.87. The molecule has 0 radical (unpaired) electrons. The lowest BCUT2D eigenvalue weighted by Crippen LogP contribution is -2.26. The van der Waals surface area contributed by atoms with E-state index in [1.165, 1.54) is 12.1 Å². The van der Waals surface area contributed by atoms with Gasteiger partial charge in [-0.15, -0.1) is 0 Å². The van der Waals surface area contributed by atoms with Gasteiger partial charge < -0.3 is 15.6 Å². The SMILES string of the molecule is NCCn1cnc(C(=O)NCCc2ccc(F)cc2)c1. The minimum Gasteiger partial charge on any atom is -0.350 e. The molecule has 106 valence electrons. The Labute approximate surface area is 116 Å². The molecule has 0 fully saturated rings. The minimum atomic E-state index is -0.261. The summed E-state index contributed by atoms with van der Waals surface area (Å²) >= 11 is 0. The van der Waals surface area contributed by atoms with Crippen LogP contribution in [0.2, 0.25) is 0 Å². The van der Waals surface area contributed by atoms with Crippen LogP contribution in [0.1, 0.15) is 16.1 Å². The molecule has 2 aromatic rings. The molecule has 6 heteroatoms. The van der Waals surface area contributed by atoms with Gasteiger partial charge in [0.2, 0.25) is 0 Å². The highest BCUT2D eigenvalue weighted by molar-refractivity contribution is 5.91. The summed E-state index contributed by atoms with van der Waals surface area (Å²) in [6.45, 7) is 1.62. The number of benzene rings is 1. The molecular formula is C14H17FN4O. The van der Waals surface area contributed by atoms with Crippen LogP contribution in [-0.4, -0.2) is 28.5 Å². The molecule has 0 aliphatic heterocycles. The second-order valence-corrected chi connectivity index (χ2v) is 4.42. The van der Waals surface area contributed by atoms with E-state index in [2.05, 4.69) is 10.3 Å². The van der Waals surface area contributed by atoms with E-state index in [0.717, 1.165) is 5.56 Å². The third-order valence-corrected chi connectivity index (χ3v) is 2.87. The number of amides is 1. The van der Waals surface area contributed by atoms with Gasteiger partial charge in [-0.1, -0.05) is 12.1 Å². The first-order valence-electron chi connectivity index (χ1n) is 6.43. The first kappa shape index (κ1) is 14.2. The molecule has 1 heterocycles. The number of rotatable bonds is 6. The predicted octanol–water partition coefficient (Wildman–Crippen LogP) is 0.953. The van der Waals surface area contributed by atoms with Crippen LogP contribution in [0.25, 0.3) is 0 Å². The lowest BCUT2D eigenvalue weighted by Gasteiger charge is -2.03. The van der Waals surface area contributed by atoms with E-state index in [1.54, 1.807) is 29.2 Å². The molecule has 0 spiro atoms. The fourth-order valence-corrected chi connectivity index (χ4v) is 1.81. The molecule has 0 bridgehead atoms. The quantitative estimate of drug-likeness (QED) is 0.825. The maximum atomic E-state index is 12.7. The number of nitrogens with zero attached hydrogens (tertiary/aromatic N) is 2. The summed E-state index contributed by atoms with van der Waals surface area (Å²) in [5.74, 6) is -0.480. The zero-order valence-corrected chi connectivity index (χ0v) is 11.1. The van der Waals surface area contributed by atoms with Crippen molar-refractivity contribution in [3.63, 3.8) is 0 Å². The van der Waals surface area contributed by atoms with Crippen molar-refractivity contribution in [2.75, 3.05) is 13.1 Å². The normalized spacial score (nSPS) is 10.5. The second-order valence-electron chi connectivity index (χ2n) is 4.42. The third kappa shape index (κ3) is 3.89. The van der Waals surface area contributed by atoms with Gasteiger partial charge in [-0.2, -0.15) is 0 Å². The summed E-state index contributed by atoms with van der Waals surface area (Å²) in [5, 5.41) is 2.78. The van der Waals surface area contributed by atoms with Gasteiger partial charge in [0.1, 0.15) is 11.5 Å². The molecule has 5 nitrogen and oxygen atoms in total. The number of carbonyl (C=O) groups is 1. The molecule has 0 unspecified atom stereocenters. The first-order valence-corrected chi connectivity index (χ1v) is 6.43. The molecular weight excluding hydrogens is 259 g/mol. The number of hydrogen-bond donors (Lipinski definition) is 2. The van der Waals surface area contributed by atoms with E-state index in [0.29, 0.717) is 31.7 Å². The van der Waals surface area contributed by atoms with Gasteiger partial charge in [-0.05, 0) is 24.1 Å². The average Bonchev–Trinajstić information content (AvgIpc) is 2.90. The topological polar surface area (TPSA) is 72.9 Å². The van der Waals surface area contributed by atoms with Crippen molar-refractivity contribution in [3.05, 3.63) is 53.9 Å². The van der Waals surface area contributed by atoms with Crippen molar-refractivity contribution >= 4 is 5.91 Å². The number of carbonyl (C=O) groups excluding carboxylic acids is 1. The number of hydrogen-bond acceptors (Lipinski definition) is 3. The zero-order chi connectivity index (χ0) is 14.4. The fraction of sp³-hybridized carbons (Fsp3) is 0.286. The number of aromatic nitrogens is 2. The molecule has 3 N–H and O–H groups in total. The van der Waals surface area contributed by atoms with Crippen LogP contribution >= 0.6 is 0 Å². The van der Waals surface area contributed by atoms with Crippen molar-refractivity contribution in [2.24, 2.45) is 5.73 Å². The van der Waals surface area contributed by atoms with Gasteiger partial charge in [0.15, 0.2) is 0 Å². The Bertz CT molecular complexity index is 565. The Kier molecular flexibility index (Phi) is 4.84. The molecule has 0 aliphatic rings. The van der Waals surface area contributed by atoms with E-state index in [1.807, 2.05) is 0 Å². The van der Waals surface area contributed by atoms with E-state index in [4.69, 9.17) is 5.73 Å². The summed E-state index contributed by atoms with van der Waals surface area (Å²) in [4.78, 5) is 15.8. The Morgan fingerprint density at radius 1 is 1.35 bits per heavy atom. The molecule has 2 rings (SSSR count). The second kappa shape index (κ2) is 6.81. The Morgan fingerprint density at radius 3 is 2.80 bits per heavy atom. The zero-order valence-electron chi connectivity index (χ0n) is 11.1. The maximum Gasteiger partial charge on any atom is 0.271 e. The van der Waals surface area contributed by atoms with E-state index in [-0.39, 0.29) is 11.7 Å². The highest BCUT2D eigenvalue weighted by Crippen LogP contribution is 2.03. The van der Waals surface area contributed by atoms with Gasteiger partial charge in [0, 0.05) is 25.8 Å². The highest BCUT2D eigenvalue weighted by Gasteiger charge is 2.08. The predicted molar refractivity (Wildman–Crippen MR) is 73.7 cm³/mol. The molecule has 0 atom stereocenters. The number of nitrogens with two attached hydrogens (primary N) is 1. The van der Waals surface area contributed by atoms with Gasteiger partial charge >= 0.3 is 0 Å². The summed E-state index contributed by atoms with van der Waals surface area (Å²) in [6.07, 6.45) is 3.90. The van der Waals surface area contributed by atoms with E-state index >= 15 is 0 Å². The lowest BCUT2D eigenvalue weighted by atomic mass is 10.1. The molecule has 0 saturated heterocycles. The van der Waals surface area contributed by atoms with Crippen molar-refractivity contribution in [3.8, 4) is 0 Å². The van der Waals surface area contributed by atoms with Crippen LogP contribution in [-0.2, 0) is 13.0 Å². The molecule has 1 amide bonds. The van der Waals surface area contributed by atoms with Crippen LogP contribution in [0.4, 0.5) is 4.39 Å². The molecule has 0 aliphatic carbocycles. The van der Waals surface area contributed by atoms with Gasteiger partial charge in [-0.25, -0.2) is 9.37 Å². The molecule has 0 saturated carbocycles. The van der Waals surface area contributed by atoms with E-state index in [9.17, 15) is 9.18 Å². The number of imidazole rings is 1. The van der Waals surface area contributed by atoms with Gasteiger partial charge in [-0.3, -0.25) is 4.79 Å². The number of nitrogens with one attached hydrogen (secondary N) is 1. The lowest BCUT2D eigenvalue weighted by molar-refractivity contribution is 0.0949. The smallest absolute Gasteiger partial charge is 0.271 e. The maximum absolute atomic E-state index is 12.7. The molecule has 1 aromatic heterocycles. The van der Waals surface area contributed by atoms with Crippen molar-refractivity contribution in [2.45, 2.75) is 13.0 Å². The van der Waals surface area contributed by atoms with Crippen molar-refractivity contribution < 1.29 is 9.18 Å². The Balaban J connectivity index is 1.81. The molecule has 1 aromatic carbocycles. The summed E-state index contributed by atoms with van der Waals surface area (Å²) < 4.78 is 14.5. The van der Waals surface area contributed by atoms with Crippen molar-refractivity contribution in [1.82, 2.24) is 14.9 Å². The van der Waals surface area contributed by atoms with Crippen LogP contribution in [0, 0.1) is 5.82 Å². The van der Waals surface area contributed by atoms with Gasteiger partial charge in [0.05, 0.1) is 6.33 Å². The van der Waals surface area contributed by atoms with Crippen LogP contribution in [0.3, 0.4) is 0 Å². The first-order chi connectivity index (χ1) is 9.69. The Morgan fingerprint density at radius 2 is 2.10 bits per heavy atom. The summed E-state index contributed by atoms with van der Waals surface area (Å²) in [7, 11) is 0. The van der Waals surface area contributed by atoms with E-state index < -0.39 is 0 Å². The van der Waals surface area contributed by atoms with Crippen LogP contribution < -0.4 is 11.1 Å². The standard InChI is InChI=1S/C14H17FN4O/c15-12-3-1-11(2-4-12)5-7-17-14(20)13-9-19(8-6-16)10-18-13/h1-4,9-10H,5-8,16H2,(H,17,20). The van der Waals surface area contributed by atoms with Crippen LogP contribution in [0.5, 0.6) is 0 Å². The summed E-state index contributed by atoms with van der Waals surface area (Å²) in [5.41, 5.74) is 6.77. The van der Waals surface area contributed by atoms with Crippen LogP contribution in [0.15, 0.2) is 36.8 Å². The van der Waals surface area contributed by atoms with Gasteiger partial charge in [0.25, 0.3) is 5.91 Å². The summed E-state index contributed by atoms with van der Waals surface area (Å²) in [6, 6.07) is 6.23. The minimum absolute atomic E-state index is 0.220. The Hall–Kier alpha value is -2.21. The number of halogens is 1. The molecule has 20 heavy (non-hydrogen) atoms. The highest BCUT2D eigenvalue weighted by atomic mass is 19.1. The van der Waals surface area contributed by atoms with Crippen molar-refractivity contribution in [1.29, 1.82) is 0 Å². The largest absolute Gasteiger partial charge is 0.350 e. The monoisotopic (exact) mass is 276 g/mol.